The molecule has 0 aromatic carbocycles. The van der Waals surface area contributed by atoms with Crippen molar-refractivity contribution < 1.29 is 14.7 Å². The zero-order valence-electron chi connectivity index (χ0n) is 13.5. The van der Waals surface area contributed by atoms with Crippen LogP contribution in [0.15, 0.2) is 12.3 Å². The number of carbonyl (C=O) groups excluding carboxylic acids is 1. The van der Waals surface area contributed by atoms with Gasteiger partial charge in [0.2, 0.25) is 0 Å². The smallest absolute Gasteiger partial charge is 0.306 e. The van der Waals surface area contributed by atoms with Crippen molar-refractivity contribution in [2.45, 2.75) is 46.0 Å². The summed E-state index contributed by atoms with van der Waals surface area (Å²) in [5.41, 5.74) is 7.85. The summed E-state index contributed by atoms with van der Waals surface area (Å²) in [4.78, 5) is 25.6. The Kier molecular flexibility index (Phi) is 5.31. The zero-order chi connectivity index (χ0) is 17.0. The Hall–Kier alpha value is -2.44. The lowest BCUT2D eigenvalue weighted by Gasteiger charge is -2.16. The van der Waals surface area contributed by atoms with Crippen molar-refractivity contribution in [2.24, 2.45) is 11.7 Å². The Balaban J connectivity index is 0.000000185. The third-order valence-electron chi connectivity index (χ3n) is 4.00. The van der Waals surface area contributed by atoms with E-state index in [2.05, 4.69) is 10.1 Å². The number of aryl methyl sites for hydroxylation is 2. The van der Waals surface area contributed by atoms with Crippen molar-refractivity contribution in [3.63, 3.8) is 0 Å². The van der Waals surface area contributed by atoms with Crippen LogP contribution in [0.1, 0.15) is 53.8 Å². The quantitative estimate of drug-likeness (QED) is 0.881. The van der Waals surface area contributed by atoms with Gasteiger partial charge in [0.05, 0.1) is 12.1 Å². The number of primary amides is 1. The summed E-state index contributed by atoms with van der Waals surface area (Å²) in [5.74, 6) is -1.13. The average Bonchev–Trinajstić information content (AvgIpc) is 2.93. The fourth-order valence-electron chi connectivity index (χ4n) is 2.79. The van der Waals surface area contributed by atoms with Crippen molar-refractivity contribution in [3.8, 4) is 0 Å². The van der Waals surface area contributed by atoms with E-state index in [0.29, 0.717) is 11.2 Å². The van der Waals surface area contributed by atoms with Crippen LogP contribution in [-0.4, -0.2) is 31.6 Å². The predicted octanol–water partition coefficient (Wildman–Crippen LogP) is 2.10. The van der Waals surface area contributed by atoms with Crippen LogP contribution in [0.4, 0.5) is 0 Å². The van der Waals surface area contributed by atoms with Gasteiger partial charge in [-0.3, -0.25) is 9.59 Å². The summed E-state index contributed by atoms with van der Waals surface area (Å²) in [6.45, 7) is 3.77. The van der Waals surface area contributed by atoms with Gasteiger partial charge in [0.25, 0.3) is 5.91 Å². The Morgan fingerprint density at radius 1 is 1.26 bits per heavy atom. The molecule has 1 aliphatic carbocycles. The van der Waals surface area contributed by atoms with Crippen molar-refractivity contribution >= 4 is 17.5 Å². The van der Waals surface area contributed by atoms with E-state index >= 15 is 0 Å². The molecule has 3 rings (SSSR count). The lowest BCUT2D eigenvalue weighted by atomic mass is 9.90. The van der Waals surface area contributed by atoms with Crippen LogP contribution in [0.2, 0.25) is 0 Å². The van der Waals surface area contributed by atoms with Gasteiger partial charge < -0.3 is 10.8 Å². The first-order valence-corrected chi connectivity index (χ1v) is 7.74. The molecule has 2 heterocycles. The lowest BCUT2D eigenvalue weighted by Crippen LogP contribution is -2.16. The van der Waals surface area contributed by atoms with Crippen LogP contribution in [0.5, 0.6) is 0 Å². The fourth-order valence-corrected chi connectivity index (χ4v) is 2.79. The number of carboxylic acid groups (broad SMARTS) is 1. The van der Waals surface area contributed by atoms with Gasteiger partial charge in [-0.25, -0.2) is 9.50 Å². The minimum atomic E-state index is -0.602. The maximum Gasteiger partial charge on any atom is 0.306 e. The number of carboxylic acids is 1. The largest absolute Gasteiger partial charge is 0.481 e. The second-order valence-electron chi connectivity index (χ2n) is 5.87. The molecule has 2 aromatic rings. The number of fused-ring (bicyclic) bond motifs is 1. The molecule has 7 heteroatoms. The standard InChI is InChI=1S/C9H10N4O.C7H12O2/c1-5-3-6(2)13-9(12-5)7(4-11-13)8(10)14;8-7(9)6-4-2-1-3-5-6/h3-4H,1-2H3,(H2,10,14);6H,1-5H2,(H,8,9). The van der Waals surface area contributed by atoms with Crippen LogP contribution in [0.25, 0.3) is 5.65 Å². The van der Waals surface area contributed by atoms with Crippen molar-refractivity contribution in [2.75, 3.05) is 0 Å². The summed E-state index contributed by atoms with van der Waals surface area (Å²) in [6.07, 6.45) is 6.68. The van der Waals surface area contributed by atoms with E-state index in [1.54, 1.807) is 4.52 Å². The second kappa shape index (κ2) is 7.21. The molecule has 0 atom stereocenters. The summed E-state index contributed by atoms with van der Waals surface area (Å²) in [7, 11) is 0. The molecule has 124 valence electrons. The zero-order valence-corrected chi connectivity index (χ0v) is 13.5. The molecular formula is C16H22N4O3. The summed E-state index contributed by atoms with van der Waals surface area (Å²) in [6, 6.07) is 1.89. The van der Waals surface area contributed by atoms with Crippen molar-refractivity contribution in [1.82, 2.24) is 14.6 Å². The highest BCUT2D eigenvalue weighted by Crippen LogP contribution is 2.23. The molecule has 0 spiro atoms. The molecule has 0 radical (unpaired) electrons. The maximum atomic E-state index is 11.0. The lowest BCUT2D eigenvalue weighted by molar-refractivity contribution is -0.142. The molecule has 1 amide bonds. The van der Waals surface area contributed by atoms with Crippen LogP contribution in [0.3, 0.4) is 0 Å². The fraction of sp³-hybridized carbons (Fsp3) is 0.500. The molecular weight excluding hydrogens is 296 g/mol. The van der Waals surface area contributed by atoms with Gasteiger partial charge in [0.1, 0.15) is 5.56 Å². The number of rotatable bonds is 2. The van der Waals surface area contributed by atoms with E-state index in [-0.39, 0.29) is 5.92 Å². The number of carbonyl (C=O) groups is 2. The number of nitrogens with zero attached hydrogens (tertiary/aromatic N) is 3. The highest BCUT2D eigenvalue weighted by Gasteiger charge is 2.19. The topological polar surface area (TPSA) is 111 Å². The number of hydrogen-bond donors (Lipinski definition) is 2. The van der Waals surface area contributed by atoms with E-state index < -0.39 is 11.9 Å². The van der Waals surface area contributed by atoms with Crippen molar-refractivity contribution in [1.29, 1.82) is 0 Å². The molecule has 0 saturated heterocycles. The number of amides is 1. The summed E-state index contributed by atoms with van der Waals surface area (Å²) < 4.78 is 1.60. The van der Waals surface area contributed by atoms with Gasteiger partial charge >= 0.3 is 5.97 Å². The van der Waals surface area contributed by atoms with Crippen LogP contribution in [-0.2, 0) is 4.79 Å². The SMILES string of the molecule is Cc1cc(C)n2ncc(C(N)=O)c2n1.O=C(O)C1CCCCC1. The summed E-state index contributed by atoms with van der Waals surface area (Å²) >= 11 is 0. The monoisotopic (exact) mass is 318 g/mol. The molecule has 1 aliphatic rings. The maximum absolute atomic E-state index is 11.0. The first-order valence-electron chi connectivity index (χ1n) is 7.74. The van der Waals surface area contributed by atoms with E-state index in [1.165, 1.54) is 12.6 Å². The van der Waals surface area contributed by atoms with E-state index in [9.17, 15) is 9.59 Å². The molecule has 0 unspecified atom stereocenters. The molecule has 23 heavy (non-hydrogen) atoms. The Morgan fingerprint density at radius 3 is 2.43 bits per heavy atom. The minimum Gasteiger partial charge on any atom is -0.481 e. The Bertz CT molecular complexity index is 717. The van der Waals surface area contributed by atoms with Crippen LogP contribution < -0.4 is 5.73 Å². The number of nitrogens with two attached hydrogens (primary N) is 1. The summed E-state index contributed by atoms with van der Waals surface area (Å²) in [5, 5.41) is 12.6. The molecule has 0 aliphatic heterocycles. The van der Waals surface area contributed by atoms with Gasteiger partial charge in [-0.1, -0.05) is 19.3 Å². The third kappa shape index (κ3) is 4.06. The molecule has 7 nitrogen and oxygen atoms in total. The van der Waals surface area contributed by atoms with E-state index in [4.69, 9.17) is 10.8 Å². The molecule has 3 N–H and O–H groups in total. The van der Waals surface area contributed by atoms with Crippen LogP contribution in [0, 0.1) is 19.8 Å². The van der Waals surface area contributed by atoms with Crippen molar-refractivity contribution in [3.05, 3.63) is 29.2 Å². The highest BCUT2D eigenvalue weighted by atomic mass is 16.4. The Labute approximate surface area is 134 Å². The number of hydrogen-bond acceptors (Lipinski definition) is 4. The normalized spacial score (nSPS) is 15.0. The average molecular weight is 318 g/mol. The molecule has 1 saturated carbocycles. The Morgan fingerprint density at radius 2 is 1.91 bits per heavy atom. The third-order valence-corrected chi connectivity index (χ3v) is 4.00. The van der Waals surface area contributed by atoms with Gasteiger partial charge in [-0.2, -0.15) is 5.10 Å². The number of aromatic nitrogens is 3. The minimum absolute atomic E-state index is 0.0289. The second-order valence-corrected chi connectivity index (χ2v) is 5.87. The molecule has 2 aromatic heterocycles. The van der Waals surface area contributed by atoms with Gasteiger partial charge in [-0.05, 0) is 32.8 Å². The first kappa shape index (κ1) is 16.9. The molecule has 1 fully saturated rings. The predicted molar refractivity (Wildman–Crippen MR) is 85.2 cm³/mol. The number of aliphatic carboxylic acids is 1. The van der Waals surface area contributed by atoms with Gasteiger partial charge in [-0.15, -0.1) is 0 Å². The first-order chi connectivity index (χ1) is 10.9. The van der Waals surface area contributed by atoms with E-state index in [1.807, 2.05) is 19.9 Å². The highest BCUT2D eigenvalue weighted by molar-refractivity contribution is 5.98. The molecule has 0 bridgehead atoms. The van der Waals surface area contributed by atoms with Crippen LogP contribution >= 0.6 is 0 Å². The van der Waals surface area contributed by atoms with E-state index in [0.717, 1.165) is 37.1 Å². The van der Waals surface area contributed by atoms with Gasteiger partial charge in [0.15, 0.2) is 5.65 Å². The van der Waals surface area contributed by atoms with Gasteiger partial charge in [0, 0.05) is 11.4 Å².